The van der Waals surface area contributed by atoms with Crippen LogP contribution in [0.1, 0.15) is 36.4 Å². The lowest BCUT2D eigenvalue weighted by Crippen LogP contribution is -2.29. The molecule has 0 saturated heterocycles. The quantitative estimate of drug-likeness (QED) is 0.807. The summed E-state index contributed by atoms with van der Waals surface area (Å²) in [7, 11) is 2.23. The Kier molecular flexibility index (Phi) is 4.71. The van der Waals surface area contributed by atoms with E-state index in [0.717, 1.165) is 38.8 Å². The molecule has 0 radical (unpaired) electrons. The maximum atomic E-state index is 5.78. The highest BCUT2D eigenvalue weighted by Gasteiger charge is 2.23. The first-order valence-corrected chi connectivity index (χ1v) is 7.91. The number of nitrogens with zero attached hydrogens (tertiary/aromatic N) is 1. The molecule has 1 aromatic rings. The number of rotatable bonds is 6. The Balaban J connectivity index is 1.56. The van der Waals surface area contributed by atoms with E-state index in [9.17, 15) is 0 Å². The minimum Gasteiger partial charge on any atom is -0.380 e. The molecule has 110 valence electrons. The molecule has 1 aliphatic heterocycles. The van der Waals surface area contributed by atoms with Crippen LogP contribution in [0.2, 0.25) is 0 Å². The number of ether oxygens (including phenoxy) is 1. The normalized spacial score (nSPS) is 22.6. The molecule has 1 unspecified atom stereocenters. The van der Waals surface area contributed by atoms with E-state index in [0.29, 0.717) is 6.04 Å². The van der Waals surface area contributed by atoms with Gasteiger partial charge in [-0.1, -0.05) is 24.3 Å². The number of likely N-dealkylation sites (N-methyl/N-ethyl adjacent to an activating group) is 1. The molecule has 0 spiro atoms. The van der Waals surface area contributed by atoms with E-state index in [1.54, 1.807) is 0 Å². The largest absolute Gasteiger partial charge is 0.380 e. The summed E-state index contributed by atoms with van der Waals surface area (Å²) in [4.78, 5) is 2.46. The van der Waals surface area contributed by atoms with E-state index in [1.165, 1.54) is 30.4 Å². The second-order valence-corrected chi connectivity index (χ2v) is 6.18. The van der Waals surface area contributed by atoms with Crippen molar-refractivity contribution in [2.24, 2.45) is 5.92 Å². The Morgan fingerprint density at radius 2 is 2.10 bits per heavy atom. The van der Waals surface area contributed by atoms with Gasteiger partial charge < -0.3 is 10.1 Å². The fraction of sp³-hybridized carbons (Fsp3) is 0.647. The molecule has 1 aromatic carbocycles. The minimum atomic E-state index is 0.519. The molecule has 20 heavy (non-hydrogen) atoms. The number of nitrogens with one attached hydrogen (secondary N) is 1. The summed E-state index contributed by atoms with van der Waals surface area (Å²) >= 11 is 0. The Labute approximate surface area is 122 Å². The van der Waals surface area contributed by atoms with E-state index in [4.69, 9.17) is 4.74 Å². The topological polar surface area (TPSA) is 24.5 Å². The van der Waals surface area contributed by atoms with E-state index < -0.39 is 0 Å². The average molecular weight is 274 g/mol. The zero-order valence-corrected chi connectivity index (χ0v) is 12.5. The second kappa shape index (κ2) is 6.70. The number of benzene rings is 1. The van der Waals surface area contributed by atoms with Crippen LogP contribution >= 0.6 is 0 Å². The molecular weight excluding hydrogens is 248 g/mol. The lowest BCUT2D eigenvalue weighted by molar-refractivity contribution is 0.0900. The third-order valence-electron chi connectivity index (χ3n) is 4.49. The molecule has 1 saturated carbocycles. The van der Waals surface area contributed by atoms with Gasteiger partial charge in [0.2, 0.25) is 0 Å². The second-order valence-electron chi connectivity index (χ2n) is 6.18. The molecular formula is C17H26N2O. The van der Waals surface area contributed by atoms with Crippen molar-refractivity contribution in [1.29, 1.82) is 0 Å². The number of hydrogen-bond donors (Lipinski definition) is 1. The van der Waals surface area contributed by atoms with Crippen molar-refractivity contribution in [1.82, 2.24) is 10.2 Å². The molecule has 0 bridgehead atoms. The van der Waals surface area contributed by atoms with Crippen molar-refractivity contribution >= 4 is 0 Å². The summed E-state index contributed by atoms with van der Waals surface area (Å²) in [5.74, 6) is 0.864. The molecule has 3 nitrogen and oxygen atoms in total. The molecule has 1 aliphatic carbocycles. The molecule has 1 N–H and O–H groups in total. The van der Waals surface area contributed by atoms with Crippen LogP contribution < -0.4 is 5.32 Å². The van der Waals surface area contributed by atoms with Crippen LogP contribution in [0.4, 0.5) is 0 Å². The van der Waals surface area contributed by atoms with Crippen molar-refractivity contribution in [3.8, 4) is 0 Å². The van der Waals surface area contributed by atoms with Crippen LogP contribution in [0.3, 0.4) is 0 Å². The zero-order chi connectivity index (χ0) is 13.8. The van der Waals surface area contributed by atoms with Crippen LogP contribution in [0, 0.1) is 5.92 Å². The summed E-state index contributed by atoms with van der Waals surface area (Å²) in [6.45, 7) is 4.94. The summed E-state index contributed by atoms with van der Waals surface area (Å²) < 4.78 is 5.78. The van der Waals surface area contributed by atoms with Crippen LogP contribution in [-0.2, 0) is 11.3 Å². The Hall–Kier alpha value is -0.900. The van der Waals surface area contributed by atoms with Crippen molar-refractivity contribution < 1.29 is 4.74 Å². The molecule has 0 amide bonds. The van der Waals surface area contributed by atoms with Gasteiger partial charge in [0.15, 0.2) is 0 Å². The lowest BCUT2D eigenvalue weighted by Gasteiger charge is -2.28. The fourth-order valence-corrected chi connectivity index (χ4v) is 2.99. The van der Waals surface area contributed by atoms with Crippen molar-refractivity contribution in [2.45, 2.75) is 31.8 Å². The number of hydrogen-bond acceptors (Lipinski definition) is 3. The monoisotopic (exact) mass is 274 g/mol. The highest BCUT2D eigenvalue weighted by atomic mass is 16.5. The molecule has 3 rings (SSSR count). The van der Waals surface area contributed by atoms with E-state index in [-0.39, 0.29) is 0 Å². The first-order chi connectivity index (χ1) is 9.84. The molecule has 1 heterocycles. The minimum absolute atomic E-state index is 0.519. The van der Waals surface area contributed by atoms with Gasteiger partial charge >= 0.3 is 0 Å². The van der Waals surface area contributed by atoms with Crippen LogP contribution in [0.5, 0.6) is 0 Å². The maximum absolute atomic E-state index is 5.78. The van der Waals surface area contributed by atoms with Gasteiger partial charge in [-0.3, -0.25) is 4.90 Å². The van der Waals surface area contributed by atoms with E-state index in [1.807, 2.05) is 0 Å². The van der Waals surface area contributed by atoms with E-state index in [2.05, 4.69) is 41.5 Å². The van der Waals surface area contributed by atoms with E-state index >= 15 is 0 Å². The van der Waals surface area contributed by atoms with Crippen LogP contribution in [0.25, 0.3) is 0 Å². The van der Waals surface area contributed by atoms with Crippen molar-refractivity contribution in [3.63, 3.8) is 0 Å². The van der Waals surface area contributed by atoms with Gasteiger partial charge in [0.25, 0.3) is 0 Å². The van der Waals surface area contributed by atoms with Gasteiger partial charge in [-0.2, -0.15) is 0 Å². The first-order valence-electron chi connectivity index (χ1n) is 7.91. The maximum Gasteiger partial charge on any atom is 0.0593 e. The lowest BCUT2D eigenvalue weighted by atomic mass is 9.98. The predicted molar refractivity (Wildman–Crippen MR) is 81.7 cm³/mol. The summed E-state index contributed by atoms with van der Waals surface area (Å²) in [5, 5.41) is 3.52. The number of fused-ring (bicyclic) bond motifs is 1. The third-order valence-corrected chi connectivity index (χ3v) is 4.49. The summed E-state index contributed by atoms with van der Waals surface area (Å²) in [6.07, 6.45) is 3.92. The molecule has 1 fully saturated rings. The van der Waals surface area contributed by atoms with Gasteiger partial charge in [0.05, 0.1) is 6.61 Å². The van der Waals surface area contributed by atoms with Gasteiger partial charge in [0.1, 0.15) is 0 Å². The Morgan fingerprint density at radius 3 is 2.95 bits per heavy atom. The van der Waals surface area contributed by atoms with Gasteiger partial charge in [-0.25, -0.2) is 0 Å². The molecule has 3 heteroatoms. The average Bonchev–Trinajstić information content (AvgIpc) is 3.29. The fourth-order valence-electron chi connectivity index (χ4n) is 2.99. The zero-order valence-electron chi connectivity index (χ0n) is 12.5. The van der Waals surface area contributed by atoms with Gasteiger partial charge in [-0.15, -0.1) is 0 Å². The van der Waals surface area contributed by atoms with Gasteiger partial charge in [0, 0.05) is 25.7 Å². The molecule has 1 atom stereocenters. The summed E-state index contributed by atoms with van der Waals surface area (Å²) in [5.41, 5.74) is 2.93. The summed E-state index contributed by atoms with van der Waals surface area (Å²) in [6, 6.07) is 9.36. The SMILES string of the molecule is CN(CCOCC1CC1)C1CCNCc2ccccc21. The smallest absolute Gasteiger partial charge is 0.0593 e. The third kappa shape index (κ3) is 3.60. The van der Waals surface area contributed by atoms with Crippen LogP contribution in [-0.4, -0.2) is 38.3 Å². The highest BCUT2D eigenvalue weighted by Crippen LogP contribution is 2.29. The molecule has 2 aliphatic rings. The highest BCUT2D eigenvalue weighted by molar-refractivity contribution is 5.31. The Bertz CT molecular complexity index is 431. The van der Waals surface area contributed by atoms with Gasteiger partial charge in [-0.05, 0) is 49.9 Å². The first kappa shape index (κ1) is 14.1. The standard InChI is InChI=1S/C17H26N2O/c1-19(10-11-20-13-14-6-7-14)17-8-9-18-12-15-4-2-3-5-16(15)17/h2-5,14,17-18H,6-13H2,1H3. The van der Waals surface area contributed by atoms with Crippen LogP contribution in [0.15, 0.2) is 24.3 Å². The Morgan fingerprint density at radius 1 is 1.25 bits per heavy atom. The van der Waals surface area contributed by atoms with Crippen molar-refractivity contribution in [2.75, 3.05) is 33.4 Å². The molecule has 0 aromatic heterocycles. The van der Waals surface area contributed by atoms with Crippen molar-refractivity contribution in [3.05, 3.63) is 35.4 Å². The predicted octanol–water partition coefficient (Wildman–Crippen LogP) is 2.58.